The van der Waals surface area contributed by atoms with Crippen LogP contribution in [0.1, 0.15) is 36.1 Å². The van der Waals surface area contributed by atoms with Crippen LogP contribution in [0.3, 0.4) is 0 Å². The Balaban J connectivity index is 2.22. The quantitative estimate of drug-likeness (QED) is 0.866. The van der Waals surface area contributed by atoms with Gasteiger partial charge in [-0.3, -0.25) is 19.0 Å². The fraction of sp³-hybridized carbons (Fsp3) is 0.429. The van der Waals surface area contributed by atoms with E-state index in [1.54, 1.807) is 30.9 Å². The number of nitrogens with one attached hydrogen (secondary N) is 2. The highest BCUT2D eigenvalue weighted by molar-refractivity contribution is 6.31. The summed E-state index contributed by atoms with van der Waals surface area (Å²) in [7, 11) is 1.51. The minimum absolute atomic E-state index is 0.171. The van der Waals surface area contributed by atoms with Crippen LogP contribution in [0.4, 0.5) is 5.69 Å². The van der Waals surface area contributed by atoms with Gasteiger partial charge in [0.05, 0.1) is 16.4 Å². The van der Waals surface area contributed by atoms with Gasteiger partial charge in [-0.25, -0.2) is 0 Å². The summed E-state index contributed by atoms with van der Waals surface area (Å²) in [6.07, 6.45) is 3.22. The molecule has 2 aromatic rings. The van der Waals surface area contributed by atoms with E-state index in [1.807, 2.05) is 6.92 Å². The van der Waals surface area contributed by atoms with Gasteiger partial charge in [0.2, 0.25) is 5.91 Å². The molecule has 0 radical (unpaired) electrons. The van der Waals surface area contributed by atoms with Crippen LogP contribution in [0.5, 0.6) is 0 Å². The number of aromatic nitrogens is 4. The van der Waals surface area contributed by atoms with Gasteiger partial charge in [0.15, 0.2) is 5.69 Å². The highest BCUT2D eigenvalue weighted by atomic mass is 35.5. The van der Waals surface area contributed by atoms with E-state index in [1.165, 1.54) is 11.7 Å². The fourth-order valence-electron chi connectivity index (χ4n) is 1.98. The van der Waals surface area contributed by atoms with Crippen LogP contribution in [-0.2, 0) is 11.3 Å². The summed E-state index contributed by atoms with van der Waals surface area (Å²) in [4.78, 5) is 24.3. The van der Waals surface area contributed by atoms with Crippen molar-refractivity contribution in [1.82, 2.24) is 24.9 Å². The lowest BCUT2D eigenvalue weighted by Gasteiger charge is -2.12. The van der Waals surface area contributed by atoms with Gasteiger partial charge in [0, 0.05) is 26.0 Å². The van der Waals surface area contributed by atoms with Crippen LogP contribution in [0, 0.1) is 6.92 Å². The molecule has 0 aliphatic carbocycles. The maximum absolute atomic E-state index is 12.4. The Hall–Kier alpha value is -2.35. The summed E-state index contributed by atoms with van der Waals surface area (Å²) in [6.45, 7) is 5.94. The second-order valence-electron chi connectivity index (χ2n) is 5.03. The molecule has 0 bridgehead atoms. The zero-order chi connectivity index (χ0) is 17.1. The lowest BCUT2D eigenvalue weighted by molar-refractivity contribution is -0.119. The number of anilines is 1. The number of nitrogens with zero attached hydrogens (tertiary/aromatic N) is 4. The molecule has 8 nitrogen and oxygen atoms in total. The Morgan fingerprint density at radius 2 is 2.04 bits per heavy atom. The summed E-state index contributed by atoms with van der Waals surface area (Å²) in [5, 5.41) is 14.1. The Morgan fingerprint density at radius 1 is 1.35 bits per heavy atom. The number of rotatable bonds is 5. The van der Waals surface area contributed by atoms with Crippen LogP contribution in [0.2, 0.25) is 5.02 Å². The van der Waals surface area contributed by atoms with Gasteiger partial charge in [-0.1, -0.05) is 11.6 Å². The first kappa shape index (κ1) is 17.0. The van der Waals surface area contributed by atoms with Crippen molar-refractivity contribution in [3.05, 3.63) is 28.8 Å². The first-order chi connectivity index (χ1) is 10.9. The lowest BCUT2D eigenvalue weighted by Crippen LogP contribution is -2.26. The first-order valence-electron chi connectivity index (χ1n) is 7.19. The standard InChI is InChI=1S/C14H19ClN6O2/c1-5-20-7-11(12(19-20)14(23)16-4)17-13(22)9(3)21-6-10(15)8(2)18-21/h6-7,9H,5H2,1-4H3,(H,16,23)(H,17,22). The monoisotopic (exact) mass is 338 g/mol. The molecule has 0 saturated carbocycles. The van der Waals surface area contributed by atoms with Crippen molar-refractivity contribution in [3.8, 4) is 0 Å². The van der Waals surface area contributed by atoms with Crippen LogP contribution in [0.15, 0.2) is 12.4 Å². The molecular formula is C14H19ClN6O2. The molecule has 23 heavy (non-hydrogen) atoms. The summed E-state index contributed by atoms with van der Waals surface area (Å²) in [5.41, 5.74) is 1.18. The van der Waals surface area contributed by atoms with Gasteiger partial charge in [0.25, 0.3) is 5.91 Å². The molecule has 0 spiro atoms. The SMILES string of the molecule is CCn1cc(NC(=O)C(C)n2cc(Cl)c(C)n2)c(C(=O)NC)n1. The second kappa shape index (κ2) is 6.82. The van der Waals surface area contributed by atoms with Gasteiger partial charge < -0.3 is 10.6 Å². The van der Waals surface area contributed by atoms with E-state index in [0.717, 1.165) is 0 Å². The third-order valence-electron chi connectivity index (χ3n) is 3.42. The second-order valence-corrected chi connectivity index (χ2v) is 5.44. The van der Waals surface area contributed by atoms with E-state index >= 15 is 0 Å². The average Bonchev–Trinajstić information content (AvgIpc) is 3.09. The number of hydrogen-bond donors (Lipinski definition) is 2. The predicted octanol–water partition coefficient (Wildman–Crippen LogP) is 1.62. The third-order valence-corrected chi connectivity index (χ3v) is 3.79. The number of halogens is 1. The Morgan fingerprint density at radius 3 is 2.57 bits per heavy atom. The van der Waals surface area contributed by atoms with Crippen molar-refractivity contribution < 1.29 is 9.59 Å². The fourth-order valence-corrected chi connectivity index (χ4v) is 2.11. The number of amides is 2. The van der Waals surface area contributed by atoms with Gasteiger partial charge in [0.1, 0.15) is 6.04 Å². The molecule has 124 valence electrons. The number of carbonyl (C=O) groups excluding carboxylic acids is 2. The molecule has 2 heterocycles. The van der Waals surface area contributed by atoms with Gasteiger partial charge in [-0.15, -0.1) is 0 Å². The molecule has 0 aliphatic heterocycles. The molecule has 9 heteroatoms. The van der Waals surface area contributed by atoms with E-state index < -0.39 is 6.04 Å². The number of hydrogen-bond acceptors (Lipinski definition) is 4. The molecular weight excluding hydrogens is 320 g/mol. The zero-order valence-corrected chi connectivity index (χ0v) is 14.2. The smallest absolute Gasteiger partial charge is 0.273 e. The van der Waals surface area contributed by atoms with E-state index in [2.05, 4.69) is 20.8 Å². The summed E-state index contributed by atoms with van der Waals surface area (Å²) < 4.78 is 3.07. The van der Waals surface area contributed by atoms with Crippen molar-refractivity contribution >= 4 is 29.1 Å². The maximum Gasteiger partial charge on any atom is 0.273 e. The van der Waals surface area contributed by atoms with Crippen LogP contribution in [-0.4, -0.2) is 38.4 Å². The molecule has 2 N–H and O–H groups in total. The zero-order valence-electron chi connectivity index (χ0n) is 13.4. The molecule has 0 aliphatic rings. The Bertz CT molecular complexity index is 716. The number of aryl methyl sites for hydroxylation is 2. The van der Waals surface area contributed by atoms with Crippen molar-refractivity contribution in [2.24, 2.45) is 0 Å². The van der Waals surface area contributed by atoms with Crippen molar-refractivity contribution in [2.75, 3.05) is 12.4 Å². The normalized spacial score (nSPS) is 12.0. The van der Waals surface area contributed by atoms with Crippen LogP contribution in [0.25, 0.3) is 0 Å². The predicted molar refractivity (Wildman–Crippen MR) is 86.6 cm³/mol. The molecule has 0 saturated heterocycles. The van der Waals surface area contributed by atoms with Gasteiger partial charge in [-0.2, -0.15) is 10.2 Å². The molecule has 1 unspecified atom stereocenters. The minimum atomic E-state index is -0.580. The maximum atomic E-state index is 12.4. The molecule has 0 fully saturated rings. The van der Waals surface area contributed by atoms with Crippen molar-refractivity contribution in [2.45, 2.75) is 33.4 Å². The Kier molecular flexibility index (Phi) is 5.05. The molecule has 2 aromatic heterocycles. The Labute approximate surface area is 138 Å². The largest absolute Gasteiger partial charge is 0.354 e. The summed E-state index contributed by atoms with van der Waals surface area (Å²) in [5.74, 6) is -0.678. The molecule has 0 aromatic carbocycles. The lowest BCUT2D eigenvalue weighted by atomic mass is 10.3. The average molecular weight is 339 g/mol. The molecule has 1 atom stereocenters. The minimum Gasteiger partial charge on any atom is -0.354 e. The van der Waals surface area contributed by atoms with Gasteiger partial charge >= 0.3 is 0 Å². The van der Waals surface area contributed by atoms with E-state index in [0.29, 0.717) is 22.9 Å². The molecule has 2 rings (SSSR count). The van der Waals surface area contributed by atoms with E-state index in [4.69, 9.17) is 11.6 Å². The summed E-state index contributed by atoms with van der Waals surface area (Å²) >= 11 is 5.96. The van der Waals surface area contributed by atoms with Crippen LogP contribution < -0.4 is 10.6 Å². The van der Waals surface area contributed by atoms with Crippen molar-refractivity contribution in [3.63, 3.8) is 0 Å². The van der Waals surface area contributed by atoms with Crippen LogP contribution >= 0.6 is 11.6 Å². The van der Waals surface area contributed by atoms with E-state index in [-0.39, 0.29) is 17.5 Å². The first-order valence-corrected chi connectivity index (χ1v) is 7.56. The number of carbonyl (C=O) groups is 2. The highest BCUT2D eigenvalue weighted by Gasteiger charge is 2.22. The van der Waals surface area contributed by atoms with E-state index in [9.17, 15) is 9.59 Å². The highest BCUT2D eigenvalue weighted by Crippen LogP contribution is 2.19. The molecule has 2 amide bonds. The third kappa shape index (κ3) is 3.53. The van der Waals surface area contributed by atoms with Crippen molar-refractivity contribution in [1.29, 1.82) is 0 Å². The van der Waals surface area contributed by atoms with Gasteiger partial charge in [-0.05, 0) is 20.8 Å². The topological polar surface area (TPSA) is 93.8 Å². The summed E-state index contributed by atoms with van der Waals surface area (Å²) in [6, 6.07) is -0.580.